The van der Waals surface area contributed by atoms with Crippen LogP contribution in [0.3, 0.4) is 0 Å². The van der Waals surface area contributed by atoms with Crippen LogP contribution >= 0.6 is 11.6 Å². The van der Waals surface area contributed by atoms with Gasteiger partial charge in [0, 0.05) is 6.20 Å². The number of urea groups is 1. The van der Waals surface area contributed by atoms with Crippen molar-refractivity contribution in [2.75, 3.05) is 10.6 Å². The predicted molar refractivity (Wildman–Crippen MR) is 80.0 cm³/mol. The Morgan fingerprint density at radius 2 is 1.90 bits per heavy atom. The lowest BCUT2D eigenvalue weighted by Gasteiger charge is -2.10. The summed E-state index contributed by atoms with van der Waals surface area (Å²) in [5.41, 5.74) is 1.63. The molecule has 0 atom stereocenters. The molecule has 2 amide bonds. The third kappa shape index (κ3) is 3.70. The molecule has 0 aliphatic rings. The van der Waals surface area contributed by atoms with E-state index in [1.54, 1.807) is 25.3 Å². The summed E-state index contributed by atoms with van der Waals surface area (Å²) in [6.45, 7) is 1.77. The molecule has 2 aromatic rings. The van der Waals surface area contributed by atoms with Crippen LogP contribution in [0.2, 0.25) is 5.02 Å². The van der Waals surface area contributed by atoms with Gasteiger partial charge in [-0.1, -0.05) is 11.6 Å². The molecule has 0 spiro atoms. The van der Waals surface area contributed by atoms with E-state index in [0.29, 0.717) is 17.1 Å². The van der Waals surface area contributed by atoms with Gasteiger partial charge in [0.1, 0.15) is 0 Å². The number of benzene rings is 1. The number of aryl methyl sites for hydroxylation is 1. The second-order valence-electron chi connectivity index (χ2n) is 4.22. The van der Waals surface area contributed by atoms with Crippen molar-refractivity contribution >= 4 is 35.0 Å². The summed E-state index contributed by atoms with van der Waals surface area (Å²) in [7, 11) is 0. The van der Waals surface area contributed by atoms with E-state index in [1.807, 2.05) is 0 Å². The fraction of sp³-hybridized carbons (Fsp3) is 0.0714. The Kier molecular flexibility index (Phi) is 4.39. The number of carbonyl (C=O) groups is 2. The number of nitrogens with zero attached hydrogens (tertiary/aromatic N) is 1. The summed E-state index contributed by atoms with van der Waals surface area (Å²) in [6, 6.07) is 7.00. The van der Waals surface area contributed by atoms with Gasteiger partial charge in [0.2, 0.25) is 0 Å². The molecule has 1 aromatic heterocycles. The van der Waals surface area contributed by atoms with Gasteiger partial charge in [-0.05, 0) is 37.3 Å². The first-order valence-corrected chi connectivity index (χ1v) is 6.37. The summed E-state index contributed by atoms with van der Waals surface area (Å²) in [4.78, 5) is 26.7. The van der Waals surface area contributed by atoms with Crippen molar-refractivity contribution in [2.24, 2.45) is 0 Å². The maximum atomic E-state index is 11.9. The first kappa shape index (κ1) is 14.8. The van der Waals surface area contributed by atoms with Gasteiger partial charge in [-0.15, -0.1) is 0 Å². The van der Waals surface area contributed by atoms with E-state index >= 15 is 0 Å². The highest BCUT2D eigenvalue weighted by atomic mass is 35.5. The summed E-state index contributed by atoms with van der Waals surface area (Å²) >= 11 is 5.93. The number of amides is 2. The smallest absolute Gasteiger partial charge is 0.335 e. The molecule has 0 aliphatic heterocycles. The maximum Gasteiger partial charge on any atom is 0.335 e. The Bertz CT molecular complexity index is 704. The Morgan fingerprint density at radius 1 is 1.19 bits per heavy atom. The number of halogens is 1. The van der Waals surface area contributed by atoms with Crippen LogP contribution in [-0.4, -0.2) is 22.1 Å². The molecule has 0 radical (unpaired) electrons. The number of carbonyl (C=O) groups excluding carboxylic acids is 1. The Labute approximate surface area is 125 Å². The zero-order chi connectivity index (χ0) is 15.4. The van der Waals surface area contributed by atoms with Crippen LogP contribution in [0.4, 0.5) is 16.2 Å². The van der Waals surface area contributed by atoms with E-state index in [4.69, 9.17) is 16.7 Å². The van der Waals surface area contributed by atoms with Crippen LogP contribution in [0.15, 0.2) is 36.5 Å². The van der Waals surface area contributed by atoms with E-state index < -0.39 is 12.0 Å². The van der Waals surface area contributed by atoms with Gasteiger partial charge in [-0.3, -0.25) is 4.98 Å². The van der Waals surface area contributed by atoms with Crippen molar-refractivity contribution in [3.63, 3.8) is 0 Å². The summed E-state index contributed by atoms with van der Waals surface area (Å²) in [5.74, 6) is -1.08. The van der Waals surface area contributed by atoms with Crippen LogP contribution in [0, 0.1) is 6.92 Å². The third-order valence-corrected chi connectivity index (χ3v) is 3.03. The van der Waals surface area contributed by atoms with Gasteiger partial charge >= 0.3 is 12.0 Å². The molecule has 0 saturated heterocycles. The molecule has 21 heavy (non-hydrogen) atoms. The zero-order valence-electron chi connectivity index (χ0n) is 11.1. The van der Waals surface area contributed by atoms with E-state index in [-0.39, 0.29) is 10.6 Å². The number of anilines is 2. The van der Waals surface area contributed by atoms with Crippen LogP contribution < -0.4 is 10.6 Å². The van der Waals surface area contributed by atoms with Crippen LogP contribution in [0.1, 0.15) is 16.1 Å². The fourth-order valence-electron chi connectivity index (χ4n) is 1.64. The molecule has 3 N–H and O–H groups in total. The number of pyridine rings is 1. The second-order valence-corrected chi connectivity index (χ2v) is 4.62. The van der Waals surface area contributed by atoms with E-state index in [1.165, 1.54) is 18.2 Å². The summed E-state index contributed by atoms with van der Waals surface area (Å²) < 4.78 is 0. The molecule has 1 aromatic carbocycles. The van der Waals surface area contributed by atoms with Gasteiger partial charge in [0.25, 0.3) is 0 Å². The second kappa shape index (κ2) is 6.23. The standard InChI is InChI=1S/C14H12ClN3O3/c1-8-11(3-2-6-16-8)17-14(21)18-12-5-4-9(13(19)20)7-10(12)15/h2-7H,1H3,(H,19,20)(H2,17,18,21). The molecule has 6 nitrogen and oxygen atoms in total. The number of carboxylic acid groups (broad SMARTS) is 1. The average molecular weight is 306 g/mol. The summed E-state index contributed by atoms with van der Waals surface area (Å²) in [5, 5.41) is 14.2. The molecule has 0 saturated carbocycles. The van der Waals surface area contributed by atoms with Crippen molar-refractivity contribution in [1.82, 2.24) is 4.98 Å². The van der Waals surface area contributed by atoms with Crippen molar-refractivity contribution in [3.05, 3.63) is 52.8 Å². The first-order chi connectivity index (χ1) is 9.97. The van der Waals surface area contributed by atoms with E-state index in [9.17, 15) is 9.59 Å². The van der Waals surface area contributed by atoms with Crippen LogP contribution in [0.5, 0.6) is 0 Å². The minimum Gasteiger partial charge on any atom is -0.478 e. The van der Waals surface area contributed by atoms with Gasteiger partial charge in [0.05, 0.1) is 27.7 Å². The minimum atomic E-state index is -1.08. The van der Waals surface area contributed by atoms with Gasteiger partial charge in [0.15, 0.2) is 0 Å². The highest BCUT2D eigenvalue weighted by molar-refractivity contribution is 6.34. The Morgan fingerprint density at radius 3 is 2.52 bits per heavy atom. The lowest BCUT2D eigenvalue weighted by atomic mass is 10.2. The average Bonchev–Trinajstić information content (AvgIpc) is 2.43. The third-order valence-electron chi connectivity index (χ3n) is 2.72. The zero-order valence-corrected chi connectivity index (χ0v) is 11.8. The fourth-order valence-corrected chi connectivity index (χ4v) is 1.87. The number of hydrogen-bond donors (Lipinski definition) is 3. The normalized spacial score (nSPS) is 10.0. The SMILES string of the molecule is Cc1ncccc1NC(=O)Nc1ccc(C(=O)O)cc1Cl. The lowest BCUT2D eigenvalue weighted by Crippen LogP contribution is -2.20. The molecule has 7 heteroatoms. The molecule has 0 bridgehead atoms. The molecule has 0 unspecified atom stereocenters. The number of aromatic nitrogens is 1. The van der Waals surface area contributed by atoms with Gasteiger partial charge in [-0.25, -0.2) is 9.59 Å². The number of nitrogens with one attached hydrogen (secondary N) is 2. The quantitative estimate of drug-likeness (QED) is 0.810. The number of rotatable bonds is 3. The topological polar surface area (TPSA) is 91.3 Å². The van der Waals surface area contributed by atoms with Crippen LogP contribution in [0.25, 0.3) is 0 Å². The molecule has 108 valence electrons. The lowest BCUT2D eigenvalue weighted by molar-refractivity contribution is 0.0697. The first-order valence-electron chi connectivity index (χ1n) is 6.00. The molecular formula is C14H12ClN3O3. The van der Waals surface area contributed by atoms with Crippen molar-refractivity contribution in [3.8, 4) is 0 Å². The van der Waals surface area contributed by atoms with Gasteiger partial charge < -0.3 is 15.7 Å². The molecule has 0 aliphatic carbocycles. The monoisotopic (exact) mass is 305 g/mol. The molecular weight excluding hydrogens is 294 g/mol. The minimum absolute atomic E-state index is 0.0501. The van der Waals surface area contributed by atoms with Crippen LogP contribution in [-0.2, 0) is 0 Å². The highest BCUT2D eigenvalue weighted by Crippen LogP contribution is 2.23. The summed E-state index contributed by atoms with van der Waals surface area (Å²) in [6.07, 6.45) is 1.62. The number of carboxylic acids is 1. The van der Waals surface area contributed by atoms with E-state index in [2.05, 4.69) is 15.6 Å². The largest absolute Gasteiger partial charge is 0.478 e. The predicted octanol–water partition coefficient (Wildman–Crippen LogP) is 3.39. The highest BCUT2D eigenvalue weighted by Gasteiger charge is 2.10. The number of hydrogen-bond acceptors (Lipinski definition) is 3. The molecule has 1 heterocycles. The molecule has 2 rings (SSSR count). The van der Waals surface area contributed by atoms with E-state index in [0.717, 1.165) is 0 Å². The molecule has 0 fully saturated rings. The van der Waals surface area contributed by atoms with Crippen molar-refractivity contribution in [1.29, 1.82) is 0 Å². The Hall–Kier alpha value is -2.60. The number of aromatic carboxylic acids is 1. The Balaban J connectivity index is 2.10. The van der Waals surface area contributed by atoms with Crippen molar-refractivity contribution in [2.45, 2.75) is 6.92 Å². The maximum absolute atomic E-state index is 11.9. The van der Waals surface area contributed by atoms with Crippen molar-refractivity contribution < 1.29 is 14.7 Å². The van der Waals surface area contributed by atoms with Gasteiger partial charge in [-0.2, -0.15) is 0 Å².